The van der Waals surface area contributed by atoms with Gasteiger partial charge in [0.05, 0.1) is 0 Å². The quantitative estimate of drug-likeness (QED) is 0.143. The van der Waals surface area contributed by atoms with Crippen molar-refractivity contribution in [3.05, 3.63) is 24.3 Å². The Labute approximate surface area is 157 Å². The van der Waals surface area contributed by atoms with Gasteiger partial charge in [0.15, 0.2) is 0 Å². The fourth-order valence-electron chi connectivity index (χ4n) is 2.61. The van der Waals surface area contributed by atoms with Crippen LogP contribution in [-0.2, 0) is 4.74 Å². The van der Waals surface area contributed by atoms with E-state index < -0.39 is 0 Å². The first-order valence-corrected chi connectivity index (χ1v) is 11.0. The molecule has 2 heteroatoms. The van der Waals surface area contributed by atoms with Gasteiger partial charge in [-0.1, -0.05) is 69.8 Å². The molecule has 0 saturated carbocycles. The summed E-state index contributed by atoms with van der Waals surface area (Å²) in [5, 5.41) is 0. The number of allylic oxidation sites excluding steroid dienone is 4. The lowest BCUT2D eigenvalue weighted by Crippen LogP contribution is -1.97. The van der Waals surface area contributed by atoms with Gasteiger partial charge in [-0.3, -0.25) is 0 Å². The molecule has 142 valence electrons. The lowest BCUT2D eigenvalue weighted by atomic mass is 10.1. The average Bonchev–Trinajstić information content (AvgIpc) is 2.60. The van der Waals surface area contributed by atoms with E-state index >= 15 is 0 Å². The molecule has 0 aliphatic heterocycles. The molecule has 0 aromatic carbocycles. The van der Waals surface area contributed by atoms with Crippen LogP contribution in [0.2, 0.25) is 0 Å². The fraction of sp³-hybridized carbons (Fsp3) is 0.818. The molecule has 0 bridgehead atoms. The Balaban J connectivity index is 3.10. The molecule has 0 spiro atoms. The van der Waals surface area contributed by atoms with Crippen LogP contribution in [0, 0.1) is 0 Å². The van der Waals surface area contributed by atoms with Crippen LogP contribution in [0.4, 0.5) is 0 Å². The molecule has 0 fully saturated rings. The third-order valence-corrected chi connectivity index (χ3v) is 4.50. The van der Waals surface area contributed by atoms with E-state index in [1.165, 1.54) is 77.0 Å². The average molecular weight is 355 g/mol. The Morgan fingerprint density at radius 1 is 0.625 bits per heavy atom. The molecule has 0 aromatic heterocycles. The second-order valence-electron chi connectivity index (χ2n) is 6.63. The summed E-state index contributed by atoms with van der Waals surface area (Å²) in [6, 6.07) is 0. The summed E-state index contributed by atoms with van der Waals surface area (Å²) in [7, 11) is 0. The molecule has 0 aliphatic carbocycles. The Kier molecular flexibility index (Phi) is 22.6. The second-order valence-corrected chi connectivity index (χ2v) is 7.07. The summed E-state index contributed by atoms with van der Waals surface area (Å²) in [5.41, 5.74) is 0. The van der Waals surface area contributed by atoms with Gasteiger partial charge < -0.3 is 4.74 Å². The van der Waals surface area contributed by atoms with Crippen molar-refractivity contribution in [1.82, 2.24) is 0 Å². The summed E-state index contributed by atoms with van der Waals surface area (Å²) < 4.78 is 5.61. The molecule has 0 atom stereocenters. The Hall–Kier alpha value is -0.210. The van der Waals surface area contributed by atoms with Crippen molar-refractivity contribution in [2.24, 2.45) is 0 Å². The summed E-state index contributed by atoms with van der Waals surface area (Å²) >= 11 is 4.20. The molecule has 0 saturated heterocycles. The van der Waals surface area contributed by atoms with Gasteiger partial charge in [0, 0.05) is 13.2 Å². The van der Waals surface area contributed by atoms with Gasteiger partial charge in [0.2, 0.25) is 0 Å². The van der Waals surface area contributed by atoms with Crippen molar-refractivity contribution in [3.8, 4) is 0 Å². The first kappa shape index (κ1) is 23.8. The van der Waals surface area contributed by atoms with Gasteiger partial charge in [-0.05, 0) is 57.1 Å². The molecule has 0 radical (unpaired) electrons. The topological polar surface area (TPSA) is 9.23 Å². The van der Waals surface area contributed by atoms with Crippen LogP contribution >= 0.6 is 12.6 Å². The monoisotopic (exact) mass is 354 g/mol. The lowest BCUT2D eigenvalue weighted by Gasteiger charge is -2.03. The van der Waals surface area contributed by atoms with Gasteiger partial charge in [-0.25, -0.2) is 0 Å². The predicted molar refractivity (Wildman–Crippen MR) is 113 cm³/mol. The summed E-state index contributed by atoms with van der Waals surface area (Å²) in [6.45, 7) is 4.12. The number of rotatable bonds is 19. The van der Waals surface area contributed by atoms with E-state index in [2.05, 4.69) is 43.9 Å². The highest BCUT2D eigenvalue weighted by molar-refractivity contribution is 7.80. The molecule has 0 heterocycles. The fourth-order valence-corrected chi connectivity index (χ4v) is 2.83. The van der Waals surface area contributed by atoms with E-state index in [-0.39, 0.29) is 0 Å². The van der Waals surface area contributed by atoms with Gasteiger partial charge >= 0.3 is 0 Å². The Morgan fingerprint density at radius 2 is 1.17 bits per heavy atom. The zero-order valence-electron chi connectivity index (χ0n) is 16.2. The summed E-state index contributed by atoms with van der Waals surface area (Å²) in [4.78, 5) is 0. The molecule has 0 amide bonds. The van der Waals surface area contributed by atoms with Gasteiger partial charge in [0.25, 0.3) is 0 Å². The zero-order valence-corrected chi connectivity index (χ0v) is 17.1. The normalized spacial score (nSPS) is 11.9. The second kappa shape index (κ2) is 22.8. The van der Waals surface area contributed by atoms with Crippen LogP contribution in [0.25, 0.3) is 0 Å². The van der Waals surface area contributed by atoms with Crippen molar-refractivity contribution in [2.75, 3.05) is 19.0 Å². The Morgan fingerprint density at radius 3 is 1.79 bits per heavy atom. The van der Waals surface area contributed by atoms with Crippen molar-refractivity contribution in [2.45, 2.75) is 96.8 Å². The van der Waals surface area contributed by atoms with E-state index in [4.69, 9.17) is 4.74 Å². The molecule has 1 nitrogen and oxygen atoms in total. The van der Waals surface area contributed by atoms with Crippen LogP contribution in [0.3, 0.4) is 0 Å². The molecule has 0 N–H and O–H groups in total. The van der Waals surface area contributed by atoms with E-state index in [9.17, 15) is 0 Å². The van der Waals surface area contributed by atoms with Crippen molar-refractivity contribution in [1.29, 1.82) is 0 Å². The number of hydrogen-bond donors (Lipinski definition) is 1. The maximum Gasteiger partial charge on any atom is 0.0466 e. The molecule has 0 unspecified atom stereocenters. The molecule has 0 rings (SSSR count). The lowest BCUT2D eigenvalue weighted by molar-refractivity contribution is 0.127. The summed E-state index contributed by atoms with van der Waals surface area (Å²) in [6.07, 6.45) is 27.3. The minimum Gasteiger partial charge on any atom is -0.381 e. The van der Waals surface area contributed by atoms with Gasteiger partial charge in [-0.15, -0.1) is 0 Å². The van der Waals surface area contributed by atoms with Crippen LogP contribution in [0.5, 0.6) is 0 Å². The SMILES string of the molecule is CCCCC/C=C\C/C=C\CCCCCCCCOCCCCS. The molecule has 0 aromatic rings. The number of unbranched alkanes of at least 4 members (excludes halogenated alkanes) is 10. The molecular formula is C22H42OS. The number of thiol groups is 1. The van der Waals surface area contributed by atoms with Crippen LogP contribution in [0.1, 0.15) is 96.8 Å². The molecule has 24 heavy (non-hydrogen) atoms. The van der Waals surface area contributed by atoms with E-state index in [0.717, 1.165) is 31.8 Å². The standard InChI is InChI=1S/C22H42OS/c1-2-3-4-5-6-7-8-9-10-11-12-13-14-15-16-17-20-23-21-18-19-22-24/h6-7,9-10,24H,2-5,8,11-22H2,1H3/b7-6-,10-9-. The van der Waals surface area contributed by atoms with Gasteiger partial charge in [0.1, 0.15) is 0 Å². The van der Waals surface area contributed by atoms with Gasteiger partial charge in [-0.2, -0.15) is 12.6 Å². The first-order chi connectivity index (χ1) is 11.9. The predicted octanol–water partition coefficient (Wildman–Crippen LogP) is 7.53. The van der Waals surface area contributed by atoms with Crippen molar-refractivity contribution >= 4 is 12.6 Å². The van der Waals surface area contributed by atoms with Crippen LogP contribution < -0.4 is 0 Å². The number of hydrogen-bond acceptors (Lipinski definition) is 2. The maximum atomic E-state index is 5.61. The highest BCUT2D eigenvalue weighted by Crippen LogP contribution is 2.08. The van der Waals surface area contributed by atoms with Crippen LogP contribution in [0.15, 0.2) is 24.3 Å². The molecular weight excluding hydrogens is 312 g/mol. The number of ether oxygens (including phenoxy) is 1. The minimum atomic E-state index is 0.917. The largest absolute Gasteiger partial charge is 0.381 e. The molecule has 0 aliphatic rings. The smallest absolute Gasteiger partial charge is 0.0466 e. The van der Waals surface area contributed by atoms with Crippen LogP contribution in [-0.4, -0.2) is 19.0 Å². The third-order valence-electron chi connectivity index (χ3n) is 4.19. The Bertz CT molecular complexity index is 273. The van der Waals surface area contributed by atoms with E-state index in [0.29, 0.717) is 0 Å². The van der Waals surface area contributed by atoms with E-state index in [1.54, 1.807) is 0 Å². The zero-order chi connectivity index (χ0) is 17.6. The third kappa shape index (κ3) is 21.8. The first-order valence-electron chi connectivity index (χ1n) is 10.4. The highest BCUT2D eigenvalue weighted by atomic mass is 32.1. The highest BCUT2D eigenvalue weighted by Gasteiger charge is 1.92. The van der Waals surface area contributed by atoms with Crippen molar-refractivity contribution < 1.29 is 4.74 Å². The van der Waals surface area contributed by atoms with E-state index in [1.807, 2.05) is 0 Å². The minimum absolute atomic E-state index is 0.917. The maximum absolute atomic E-state index is 5.61. The summed E-state index contributed by atoms with van der Waals surface area (Å²) in [5.74, 6) is 0.980. The van der Waals surface area contributed by atoms with Crippen molar-refractivity contribution in [3.63, 3.8) is 0 Å².